The van der Waals surface area contributed by atoms with Crippen molar-refractivity contribution >= 4 is 5.91 Å². The summed E-state index contributed by atoms with van der Waals surface area (Å²) in [6.07, 6.45) is 0. The average molecular weight is 170 g/mol. The molecule has 1 heterocycles. The van der Waals surface area contributed by atoms with Crippen LogP contribution in [0.3, 0.4) is 0 Å². The van der Waals surface area contributed by atoms with Gasteiger partial charge >= 0.3 is 0 Å². The van der Waals surface area contributed by atoms with Crippen LogP contribution in [-0.2, 0) is 4.79 Å². The van der Waals surface area contributed by atoms with Gasteiger partial charge in [0.1, 0.15) is 0 Å². The number of nitrogens with zero attached hydrogens (tertiary/aromatic N) is 2. The molecule has 0 bridgehead atoms. The lowest BCUT2D eigenvalue weighted by atomic mass is 10.1. The van der Waals surface area contributed by atoms with Crippen molar-refractivity contribution in [3.8, 4) is 0 Å². The molecule has 1 unspecified atom stereocenters. The standard InChI is InChI=1S/C9H18N2O/c1-7(2)11-6-5-10(4)9(12)8(11)3/h7-8H,5-6H2,1-4H3. The van der Waals surface area contributed by atoms with Crippen molar-refractivity contribution in [2.45, 2.75) is 32.9 Å². The molecule has 0 radical (unpaired) electrons. The minimum absolute atomic E-state index is 0.0590. The highest BCUT2D eigenvalue weighted by Crippen LogP contribution is 2.12. The molecule has 3 nitrogen and oxygen atoms in total. The van der Waals surface area contributed by atoms with Gasteiger partial charge in [0, 0.05) is 26.2 Å². The highest BCUT2D eigenvalue weighted by molar-refractivity contribution is 5.81. The molecule has 1 fully saturated rings. The normalized spacial score (nSPS) is 26.9. The van der Waals surface area contributed by atoms with E-state index in [0.717, 1.165) is 13.1 Å². The molecular weight excluding hydrogens is 152 g/mol. The Labute approximate surface area is 74.3 Å². The van der Waals surface area contributed by atoms with Crippen LogP contribution >= 0.6 is 0 Å². The van der Waals surface area contributed by atoms with Gasteiger partial charge in [-0.05, 0) is 20.8 Å². The van der Waals surface area contributed by atoms with Gasteiger partial charge in [-0.25, -0.2) is 0 Å². The topological polar surface area (TPSA) is 23.6 Å². The molecule has 0 aromatic rings. The fraction of sp³-hybridized carbons (Fsp3) is 0.889. The second kappa shape index (κ2) is 3.44. The van der Waals surface area contributed by atoms with E-state index < -0.39 is 0 Å². The van der Waals surface area contributed by atoms with Crippen LogP contribution in [-0.4, -0.2) is 47.9 Å². The Morgan fingerprint density at radius 1 is 1.42 bits per heavy atom. The summed E-state index contributed by atoms with van der Waals surface area (Å²) < 4.78 is 0. The summed E-state index contributed by atoms with van der Waals surface area (Å²) in [4.78, 5) is 15.6. The van der Waals surface area contributed by atoms with E-state index in [-0.39, 0.29) is 11.9 Å². The number of amides is 1. The molecule has 1 amide bonds. The number of piperazine rings is 1. The Balaban J connectivity index is 2.65. The molecule has 0 saturated carbocycles. The predicted octanol–water partition coefficient (Wildman–Crippen LogP) is 0.557. The molecule has 0 aromatic carbocycles. The average Bonchev–Trinajstić information content (AvgIpc) is 2.00. The minimum Gasteiger partial charge on any atom is -0.343 e. The summed E-state index contributed by atoms with van der Waals surface area (Å²) in [6, 6.07) is 0.529. The molecule has 1 aliphatic heterocycles. The third-order valence-corrected chi connectivity index (χ3v) is 2.59. The Morgan fingerprint density at radius 2 is 2.00 bits per heavy atom. The van der Waals surface area contributed by atoms with Crippen LogP contribution in [0, 0.1) is 0 Å². The summed E-state index contributed by atoms with van der Waals surface area (Å²) in [5.74, 6) is 0.245. The number of carbonyl (C=O) groups excluding carboxylic acids is 1. The molecule has 0 aromatic heterocycles. The third-order valence-electron chi connectivity index (χ3n) is 2.59. The van der Waals surface area contributed by atoms with Gasteiger partial charge in [0.25, 0.3) is 0 Å². The van der Waals surface area contributed by atoms with Crippen LogP contribution in [0.2, 0.25) is 0 Å². The summed E-state index contributed by atoms with van der Waals surface area (Å²) in [6.45, 7) is 8.12. The number of hydrogen-bond acceptors (Lipinski definition) is 2. The van der Waals surface area contributed by atoms with Crippen LogP contribution in [0.15, 0.2) is 0 Å². The van der Waals surface area contributed by atoms with Crippen LogP contribution in [0.1, 0.15) is 20.8 Å². The summed E-state index contributed by atoms with van der Waals surface area (Å²) in [7, 11) is 1.87. The van der Waals surface area contributed by atoms with Crippen molar-refractivity contribution in [2.75, 3.05) is 20.1 Å². The fourth-order valence-electron chi connectivity index (χ4n) is 1.74. The van der Waals surface area contributed by atoms with Gasteiger partial charge in [0.15, 0.2) is 0 Å². The zero-order valence-corrected chi connectivity index (χ0v) is 8.37. The minimum atomic E-state index is 0.0590. The van der Waals surface area contributed by atoms with E-state index in [1.807, 2.05) is 18.9 Å². The van der Waals surface area contributed by atoms with Crippen molar-refractivity contribution in [3.63, 3.8) is 0 Å². The smallest absolute Gasteiger partial charge is 0.239 e. The first-order chi connectivity index (χ1) is 5.54. The number of likely N-dealkylation sites (N-methyl/N-ethyl adjacent to an activating group) is 1. The summed E-state index contributed by atoms with van der Waals surface area (Å²) >= 11 is 0. The first-order valence-electron chi connectivity index (χ1n) is 4.54. The third kappa shape index (κ3) is 1.61. The van der Waals surface area contributed by atoms with Crippen molar-refractivity contribution in [3.05, 3.63) is 0 Å². The monoisotopic (exact) mass is 170 g/mol. The Kier molecular flexibility index (Phi) is 2.73. The summed E-state index contributed by atoms with van der Waals surface area (Å²) in [5, 5.41) is 0. The maximum absolute atomic E-state index is 11.5. The zero-order valence-electron chi connectivity index (χ0n) is 8.37. The van der Waals surface area contributed by atoms with Crippen molar-refractivity contribution < 1.29 is 4.79 Å². The van der Waals surface area contributed by atoms with Gasteiger partial charge in [-0.15, -0.1) is 0 Å². The Bertz CT molecular complexity index is 179. The van der Waals surface area contributed by atoms with E-state index in [2.05, 4.69) is 18.7 Å². The van der Waals surface area contributed by atoms with Crippen LogP contribution in [0.4, 0.5) is 0 Å². The highest BCUT2D eigenvalue weighted by Gasteiger charge is 2.30. The van der Waals surface area contributed by atoms with Crippen molar-refractivity contribution in [2.24, 2.45) is 0 Å². The van der Waals surface area contributed by atoms with E-state index in [4.69, 9.17) is 0 Å². The van der Waals surface area contributed by atoms with E-state index in [1.165, 1.54) is 0 Å². The van der Waals surface area contributed by atoms with Gasteiger partial charge in [-0.3, -0.25) is 9.69 Å². The number of rotatable bonds is 1. The maximum atomic E-state index is 11.5. The Hall–Kier alpha value is -0.570. The summed E-state index contributed by atoms with van der Waals surface area (Å²) in [5.41, 5.74) is 0. The van der Waals surface area contributed by atoms with Gasteiger partial charge in [0.2, 0.25) is 5.91 Å². The molecule has 0 aliphatic carbocycles. The lowest BCUT2D eigenvalue weighted by Crippen LogP contribution is -2.56. The van der Waals surface area contributed by atoms with Gasteiger partial charge in [-0.2, -0.15) is 0 Å². The molecule has 3 heteroatoms. The fourth-order valence-corrected chi connectivity index (χ4v) is 1.74. The van der Waals surface area contributed by atoms with Gasteiger partial charge in [-0.1, -0.05) is 0 Å². The molecule has 0 spiro atoms. The quantitative estimate of drug-likeness (QED) is 0.574. The largest absolute Gasteiger partial charge is 0.343 e. The predicted molar refractivity (Wildman–Crippen MR) is 48.9 cm³/mol. The van der Waals surface area contributed by atoms with Crippen LogP contribution in [0.25, 0.3) is 0 Å². The first kappa shape index (κ1) is 9.52. The van der Waals surface area contributed by atoms with E-state index >= 15 is 0 Å². The molecule has 0 N–H and O–H groups in total. The molecule has 12 heavy (non-hydrogen) atoms. The second-order valence-corrected chi connectivity index (χ2v) is 3.77. The molecule has 70 valence electrons. The van der Waals surface area contributed by atoms with Gasteiger partial charge in [0.05, 0.1) is 6.04 Å². The van der Waals surface area contributed by atoms with E-state index in [0.29, 0.717) is 6.04 Å². The molecule has 1 atom stereocenters. The molecule has 1 rings (SSSR count). The Morgan fingerprint density at radius 3 is 2.50 bits per heavy atom. The van der Waals surface area contributed by atoms with E-state index in [9.17, 15) is 4.79 Å². The highest BCUT2D eigenvalue weighted by atomic mass is 16.2. The lowest BCUT2D eigenvalue weighted by molar-refractivity contribution is -0.140. The van der Waals surface area contributed by atoms with Gasteiger partial charge < -0.3 is 4.90 Å². The zero-order chi connectivity index (χ0) is 9.30. The number of hydrogen-bond donors (Lipinski definition) is 0. The maximum Gasteiger partial charge on any atom is 0.239 e. The molecule has 1 aliphatic rings. The number of carbonyl (C=O) groups is 1. The van der Waals surface area contributed by atoms with E-state index in [1.54, 1.807) is 0 Å². The van der Waals surface area contributed by atoms with Crippen molar-refractivity contribution in [1.82, 2.24) is 9.80 Å². The first-order valence-corrected chi connectivity index (χ1v) is 4.54. The SMILES string of the molecule is CC(C)N1CCN(C)C(=O)C1C. The van der Waals surface area contributed by atoms with Crippen molar-refractivity contribution in [1.29, 1.82) is 0 Å². The molecule has 1 saturated heterocycles. The van der Waals surface area contributed by atoms with Crippen LogP contribution < -0.4 is 0 Å². The lowest BCUT2D eigenvalue weighted by Gasteiger charge is -2.39. The molecular formula is C9H18N2O. The second-order valence-electron chi connectivity index (χ2n) is 3.77. The van der Waals surface area contributed by atoms with Crippen LogP contribution in [0.5, 0.6) is 0 Å².